The lowest BCUT2D eigenvalue weighted by atomic mass is 10.2. The van der Waals surface area contributed by atoms with Crippen molar-refractivity contribution in [2.24, 2.45) is 5.50 Å². The fourth-order valence-corrected chi connectivity index (χ4v) is 2.24. The zero-order chi connectivity index (χ0) is 16.9. The van der Waals surface area contributed by atoms with Crippen LogP contribution in [0.4, 0.5) is 14.6 Å². The summed E-state index contributed by atoms with van der Waals surface area (Å²) in [6.45, 7) is -0.349. The van der Waals surface area contributed by atoms with E-state index in [0.29, 0.717) is 7.18 Å². The molecule has 0 radical (unpaired) electrons. The van der Waals surface area contributed by atoms with E-state index in [1.807, 2.05) is 0 Å². The molecule has 12 heteroatoms. The first kappa shape index (κ1) is 18.7. The molecule has 0 amide bonds. The van der Waals surface area contributed by atoms with Gasteiger partial charge in [-0.15, -0.1) is 0 Å². The smallest absolute Gasteiger partial charge is 0.383 e. The van der Waals surface area contributed by atoms with E-state index in [-0.39, 0.29) is 18.8 Å². The molecule has 1 aromatic heterocycles. The van der Waals surface area contributed by atoms with Gasteiger partial charge in [0.15, 0.2) is 6.23 Å². The molecular formula is C10H17F2N4O5P. The Morgan fingerprint density at radius 2 is 2.27 bits per heavy atom. The molecule has 9 nitrogen and oxygen atoms in total. The Morgan fingerprint density at radius 1 is 1.64 bits per heavy atom. The predicted octanol–water partition coefficient (Wildman–Crippen LogP) is 0.112. The number of anilines is 1. The Hall–Kier alpha value is -1.39. The van der Waals surface area contributed by atoms with E-state index in [0.717, 1.165) is 4.57 Å². The van der Waals surface area contributed by atoms with E-state index < -0.39 is 31.9 Å². The van der Waals surface area contributed by atoms with Crippen LogP contribution in [0, 0.1) is 0 Å². The van der Waals surface area contributed by atoms with Gasteiger partial charge in [-0.1, -0.05) is 0 Å². The number of hydrogen-bond donors (Lipinski definition) is 3. The Morgan fingerprint density at radius 3 is 2.82 bits per heavy atom. The Balaban J connectivity index is 0.00000116. The molecule has 1 aliphatic rings. The van der Waals surface area contributed by atoms with Gasteiger partial charge in [0.25, 0.3) is 0 Å². The molecule has 0 saturated carbocycles. The van der Waals surface area contributed by atoms with Crippen LogP contribution in [0.15, 0.2) is 17.1 Å². The third-order valence-corrected chi connectivity index (χ3v) is 3.22. The third-order valence-electron chi connectivity index (χ3n) is 2.70. The SMILES string of the molecule is CF.Nc1ccn(C2OC(COP(N)(=O)O)CC2F)c(=O)n1. The van der Waals surface area contributed by atoms with Gasteiger partial charge in [-0.3, -0.25) is 13.5 Å². The highest BCUT2D eigenvalue weighted by Gasteiger charge is 2.38. The zero-order valence-corrected chi connectivity index (χ0v) is 12.5. The highest BCUT2D eigenvalue weighted by molar-refractivity contribution is 7.50. The minimum Gasteiger partial charge on any atom is -0.383 e. The summed E-state index contributed by atoms with van der Waals surface area (Å²) in [5.74, 6) is 0.0175. The molecule has 126 valence electrons. The molecule has 2 rings (SSSR count). The van der Waals surface area contributed by atoms with Crippen molar-refractivity contribution in [2.75, 3.05) is 19.5 Å². The van der Waals surface area contributed by atoms with Gasteiger partial charge >= 0.3 is 13.4 Å². The van der Waals surface area contributed by atoms with Crippen LogP contribution in [0.25, 0.3) is 0 Å². The van der Waals surface area contributed by atoms with E-state index in [2.05, 4.69) is 9.51 Å². The summed E-state index contributed by atoms with van der Waals surface area (Å²) in [7, 11) is -3.65. The van der Waals surface area contributed by atoms with Gasteiger partial charge in [0.1, 0.15) is 12.0 Å². The van der Waals surface area contributed by atoms with Crippen LogP contribution in [0.3, 0.4) is 0 Å². The third kappa shape index (κ3) is 5.11. The quantitative estimate of drug-likeness (QED) is 0.654. The van der Waals surface area contributed by atoms with Gasteiger partial charge in [0.05, 0.1) is 19.9 Å². The summed E-state index contributed by atoms with van der Waals surface area (Å²) in [6, 6.07) is 1.34. The second-order valence-electron chi connectivity index (χ2n) is 4.30. The van der Waals surface area contributed by atoms with Crippen molar-refractivity contribution in [3.63, 3.8) is 0 Å². The number of nitrogens with zero attached hydrogens (tertiary/aromatic N) is 2. The number of alkyl halides is 2. The summed E-state index contributed by atoms with van der Waals surface area (Å²) < 4.78 is 44.8. The van der Waals surface area contributed by atoms with Crippen LogP contribution in [0.2, 0.25) is 0 Å². The maximum atomic E-state index is 13.9. The van der Waals surface area contributed by atoms with E-state index in [9.17, 15) is 18.1 Å². The molecule has 4 atom stereocenters. The number of aromatic nitrogens is 2. The molecule has 1 fully saturated rings. The van der Waals surface area contributed by atoms with E-state index in [1.165, 1.54) is 12.3 Å². The average Bonchev–Trinajstić information content (AvgIpc) is 2.79. The topological polar surface area (TPSA) is 143 Å². The lowest BCUT2D eigenvalue weighted by Gasteiger charge is -2.16. The van der Waals surface area contributed by atoms with Crippen LogP contribution in [-0.4, -0.2) is 40.5 Å². The van der Waals surface area contributed by atoms with Crippen LogP contribution < -0.4 is 16.9 Å². The highest BCUT2D eigenvalue weighted by atomic mass is 31.2. The molecule has 4 unspecified atom stereocenters. The van der Waals surface area contributed by atoms with E-state index in [1.54, 1.807) is 0 Å². The highest BCUT2D eigenvalue weighted by Crippen LogP contribution is 2.35. The molecule has 22 heavy (non-hydrogen) atoms. The fraction of sp³-hybridized carbons (Fsp3) is 0.600. The molecule has 0 spiro atoms. The lowest BCUT2D eigenvalue weighted by Crippen LogP contribution is -2.30. The van der Waals surface area contributed by atoms with Crippen molar-refractivity contribution < 1.29 is 27.5 Å². The molecule has 1 saturated heterocycles. The first-order valence-corrected chi connectivity index (χ1v) is 7.69. The van der Waals surface area contributed by atoms with E-state index >= 15 is 0 Å². The second-order valence-corrected chi connectivity index (χ2v) is 5.69. The summed E-state index contributed by atoms with van der Waals surface area (Å²) >= 11 is 0. The first-order valence-electron chi connectivity index (χ1n) is 6.04. The van der Waals surface area contributed by atoms with Gasteiger partial charge in [-0.05, 0) is 6.07 Å². The maximum Gasteiger partial charge on any atom is 0.400 e. The monoisotopic (exact) mass is 342 g/mol. The normalized spacial score (nSPS) is 26.9. The number of halogens is 2. The molecule has 0 aromatic carbocycles. The molecule has 1 aliphatic heterocycles. The van der Waals surface area contributed by atoms with Gasteiger partial charge in [0.2, 0.25) is 0 Å². The molecule has 5 N–H and O–H groups in total. The van der Waals surface area contributed by atoms with Crippen molar-refractivity contribution in [3.8, 4) is 0 Å². The van der Waals surface area contributed by atoms with E-state index in [4.69, 9.17) is 20.9 Å². The van der Waals surface area contributed by atoms with Gasteiger partial charge < -0.3 is 15.4 Å². The molecular weight excluding hydrogens is 325 g/mol. The Labute approximate surface area is 124 Å². The predicted molar refractivity (Wildman–Crippen MR) is 73.3 cm³/mol. The second kappa shape index (κ2) is 7.75. The van der Waals surface area contributed by atoms with Crippen molar-refractivity contribution in [1.29, 1.82) is 0 Å². The van der Waals surface area contributed by atoms with Gasteiger partial charge in [0, 0.05) is 12.6 Å². The fourth-order valence-electron chi connectivity index (χ4n) is 1.86. The number of nitrogens with two attached hydrogens (primary N) is 2. The molecule has 2 heterocycles. The number of hydrogen-bond acceptors (Lipinski definition) is 6. The van der Waals surface area contributed by atoms with Crippen molar-refractivity contribution in [3.05, 3.63) is 22.7 Å². The van der Waals surface area contributed by atoms with Crippen molar-refractivity contribution >= 4 is 13.6 Å². The van der Waals surface area contributed by atoms with Crippen LogP contribution >= 0.6 is 7.75 Å². The summed E-state index contributed by atoms with van der Waals surface area (Å²) in [4.78, 5) is 23.8. The van der Waals surface area contributed by atoms with Gasteiger partial charge in [-0.2, -0.15) is 4.98 Å². The number of nitrogen functional groups attached to an aromatic ring is 1. The molecule has 0 bridgehead atoms. The van der Waals surface area contributed by atoms with Crippen LogP contribution in [0.5, 0.6) is 0 Å². The molecule has 1 aromatic rings. The standard InChI is InChI=1S/C9H14FN4O5P.CH3F/c10-6-3-5(4-18-20(12,16)17)19-8(6)14-2-1-7(11)13-9(14)15;1-2/h1-2,5-6,8H,3-4H2,(H2,11,13,15)(H3,12,16,17);1H3. The van der Waals surface area contributed by atoms with Gasteiger partial charge in [-0.25, -0.2) is 19.3 Å². The largest absolute Gasteiger partial charge is 0.400 e. The van der Waals surface area contributed by atoms with Crippen molar-refractivity contribution in [1.82, 2.24) is 9.55 Å². The van der Waals surface area contributed by atoms with Crippen LogP contribution in [-0.2, 0) is 13.8 Å². The summed E-state index contributed by atoms with van der Waals surface area (Å²) in [5, 5.41) is 0. The zero-order valence-electron chi connectivity index (χ0n) is 11.6. The number of rotatable bonds is 4. The maximum absolute atomic E-state index is 13.9. The first-order chi connectivity index (χ1) is 10.3. The van der Waals surface area contributed by atoms with Crippen LogP contribution in [0.1, 0.15) is 12.6 Å². The summed E-state index contributed by atoms with van der Waals surface area (Å²) in [5.41, 5.74) is 9.38. The Kier molecular flexibility index (Phi) is 6.57. The average molecular weight is 342 g/mol. The number of ether oxygens (including phenoxy) is 1. The molecule has 0 aliphatic carbocycles. The van der Waals surface area contributed by atoms with Crippen molar-refractivity contribution in [2.45, 2.75) is 24.9 Å². The minimum absolute atomic E-state index is 0.0175. The summed E-state index contributed by atoms with van der Waals surface area (Å²) in [6.07, 6.45) is -2.28. The Bertz CT molecular complexity index is 595. The minimum atomic E-state index is -4.15. The lowest BCUT2D eigenvalue weighted by molar-refractivity contribution is -0.0367.